The fourth-order valence-electron chi connectivity index (χ4n) is 2.07. The van der Waals surface area contributed by atoms with Crippen LogP contribution in [0.4, 0.5) is 0 Å². The molecule has 2 rings (SSSR count). The highest BCUT2D eigenvalue weighted by Crippen LogP contribution is 2.20. The van der Waals surface area contributed by atoms with Gasteiger partial charge in [0.15, 0.2) is 0 Å². The smallest absolute Gasteiger partial charge is 0.0790 e. The molecule has 84 valence electrons. The molecule has 15 heavy (non-hydrogen) atoms. The molecule has 0 radical (unpaired) electrons. The molecule has 1 N–H and O–H groups in total. The van der Waals surface area contributed by atoms with Crippen LogP contribution in [0.3, 0.4) is 0 Å². The van der Waals surface area contributed by atoms with Crippen molar-refractivity contribution in [1.29, 1.82) is 0 Å². The van der Waals surface area contributed by atoms with E-state index in [1.807, 2.05) is 24.9 Å². The van der Waals surface area contributed by atoms with Gasteiger partial charge in [-0.2, -0.15) is 10.6 Å². The average Bonchev–Trinajstić information content (AvgIpc) is 2.77. The van der Waals surface area contributed by atoms with Gasteiger partial charge in [-0.3, -0.25) is 9.52 Å². The number of hydrogen-bond acceptors (Lipinski definition) is 3. The van der Waals surface area contributed by atoms with E-state index in [2.05, 4.69) is 10.6 Å². The van der Waals surface area contributed by atoms with E-state index in [-0.39, 0.29) is 0 Å². The number of hydrogen-bond donors (Lipinski definition) is 1. The van der Waals surface area contributed by atoms with Crippen molar-refractivity contribution < 1.29 is 4.84 Å². The highest BCUT2D eigenvalue weighted by molar-refractivity contribution is 5.14. The molecule has 0 amide bonds. The van der Waals surface area contributed by atoms with Gasteiger partial charge < -0.3 is 0 Å². The standard InChI is InChI=1S/C11H19N3O/c1-9-10(8-14(2)13-9)7-12-15-11-5-3-4-6-11/h8,11-12H,3-7H2,1-2H3. The van der Waals surface area contributed by atoms with Crippen LogP contribution in [0.1, 0.15) is 36.9 Å². The van der Waals surface area contributed by atoms with Gasteiger partial charge in [0, 0.05) is 25.4 Å². The molecule has 0 atom stereocenters. The Kier molecular flexibility index (Phi) is 3.38. The summed E-state index contributed by atoms with van der Waals surface area (Å²) in [7, 11) is 1.94. The SMILES string of the molecule is Cc1nn(C)cc1CNOC1CCCC1. The summed E-state index contributed by atoms with van der Waals surface area (Å²) in [5, 5.41) is 4.28. The van der Waals surface area contributed by atoms with Gasteiger partial charge in [-0.25, -0.2) is 0 Å². The molecule has 0 saturated heterocycles. The molecule has 0 spiro atoms. The quantitative estimate of drug-likeness (QED) is 0.767. The Bertz CT molecular complexity index is 316. The van der Waals surface area contributed by atoms with Crippen molar-refractivity contribution in [3.05, 3.63) is 17.5 Å². The van der Waals surface area contributed by atoms with Crippen molar-refractivity contribution in [2.45, 2.75) is 45.3 Å². The van der Waals surface area contributed by atoms with E-state index in [0.717, 1.165) is 12.2 Å². The second-order valence-electron chi connectivity index (χ2n) is 4.26. The first-order valence-corrected chi connectivity index (χ1v) is 5.63. The molecule has 1 aromatic rings. The molecule has 4 nitrogen and oxygen atoms in total. The zero-order valence-electron chi connectivity index (χ0n) is 9.49. The normalized spacial score (nSPS) is 17.5. The highest BCUT2D eigenvalue weighted by atomic mass is 16.7. The van der Waals surface area contributed by atoms with E-state index in [1.165, 1.54) is 31.2 Å². The molecule has 0 unspecified atom stereocenters. The van der Waals surface area contributed by atoms with Gasteiger partial charge in [0.2, 0.25) is 0 Å². The molecule has 1 saturated carbocycles. The van der Waals surface area contributed by atoms with Gasteiger partial charge >= 0.3 is 0 Å². The number of aromatic nitrogens is 2. The van der Waals surface area contributed by atoms with E-state index in [1.54, 1.807) is 0 Å². The van der Waals surface area contributed by atoms with Crippen molar-refractivity contribution in [3.8, 4) is 0 Å². The van der Waals surface area contributed by atoms with Crippen LogP contribution in [0.5, 0.6) is 0 Å². The maximum atomic E-state index is 5.58. The summed E-state index contributed by atoms with van der Waals surface area (Å²) < 4.78 is 1.84. The Labute approximate surface area is 90.6 Å². The number of hydroxylamine groups is 1. The number of nitrogens with zero attached hydrogens (tertiary/aromatic N) is 2. The lowest BCUT2D eigenvalue weighted by molar-refractivity contribution is -0.0244. The van der Waals surface area contributed by atoms with E-state index < -0.39 is 0 Å². The predicted octanol–water partition coefficient (Wildman–Crippen LogP) is 1.69. The monoisotopic (exact) mass is 209 g/mol. The van der Waals surface area contributed by atoms with Crippen molar-refractivity contribution in [1.82, 2.24) is 15.3 Å². The van der Waals surface area contributed by atoms with Crippen LogP contribution in [-0.2, 0) is 18.4 Å². The summed E-state index contributed by atoms with van der Waals surface area (Å²) in [5.41, 5.74) is 5.32. The van der Waals surface area contributed by atoms with Crippen molar-refractivity contribution >= 4 is 0 Å². The fraction of sp³-hybridized carbons (Fsp3) is 0.727. The van der Waals surface area contributed by atoms with E-state index in [0.29, 0.717) is 6.10 Å². The van der Waals surface area contributed by atoms with Crippen LogP contribution in [0.2, 0.25) is 0 Å². The minimum atomic E-state index is 0.418. The van der Waals surface area contributed by atoms with Crippen molar-refractivity contribution in [3.63, 3.8) is 0 Å². The van der Waals surface area contributed by atoms with Crippen LogP contribution in [-0.4, -0.2) is 15.9 Å². The Hall–Kier alpha value is -0.870. The highest BCUT2D eigenvalue weighted by Gasteiger charge is 2.15. The molecule has 1 fully saturated rings. The van der Waals surface area contributed by atoms with Gasteiger partial charge in [0.1, 0.15) is 0 Å². The van der Waals surface area contributed by atoms with E-state index in [4.69, 9.17) is 4.84 Å². The first kappa shape index (κ1) is 10.6. The third-order valence-corrected chi connectivity index (χ3v) is 2.93. The average molecular weight is 209 g/mol. The second-order valence-corrected chi connectivity index (χ2v) is 4.26. The summed E-state index contributed by atoms with van der Waals surface area (Å²) in [6.45, 7) is 2.77. The molecule has 1 heterocycles. The lowest BCUT2D eigenvalue weighted by Crippen LogP contribution is -2.21. The van der Waals surface area contributed by atoms with Crippen LogP contribution in [0.25, 0.3) is 0 Å². The Morgan fingerprint density at radius 2 is 2.27 bits per heavy atom. The Morgan fingerprint density at radius 3 is 2.87 bits per heavy atom. The predicted molar refractivity (Wildman–Crippen MR) is 58.1 cm³/mol. The molecule has 1 aliphatic rings. The van der Waals surface area contributed by atoms with E-state index >= 15 is 0 Å². The van der Waals surface area contributed by atoms with Gasteiger partial charge in [0.25, 0.3) is 0 Å². The summed E-state index contributed by atoms with van der Waals surface area (Å²) in [6, 6.07) is 0. The lowest BCUT2D eigenvalue weighted by atomic mass is 10.3. The molecule has 0 bridgehead atoms. The Morgan fingerprint density at radius 1 is 1.53 bits per heavy atom. The third-order valence-electron chi connectivity index (χ3n) is 2.93. The van der Waals surface area contributed by atoms with Crippen molar-refractivity contribution in [2.24, 2.45) is 7.05 Å². The molecule has 0 aliphatic heterocycles. The van der Waals surface area contributed by atoms with Gasteiger partial charge in [-0.05, 0) is 19.8 Å². The van der Waals surface area contributed by atoms with Crippen LogP contribution in [0, 0.1) is 6.92 Å². The maximum Gasteiger partial charge on any atom is 0.0790 e. The van der Waals surface area contributed by atoms with E-state index in [9.17, 15) is 0 Å². The first-order valence-electron chi connectivity index (χ1n) is 5.63. The van der Waals surface area contributed by atoms with Gasteiger partial charge in [-0.15, -0.1) is 0 Å². The summed E-state index contributed by atoms with van der Waals surface area (Å²) in [6.07, 6.45) is 7.44. The second kappa shape index (κ2) is 4.77. The van der Waals surface area contributed by atoms with Crippen LogP contribution < -0.4 is 5.48 Å². The summed E-state index contributed by atoms with van der Waals surface area (Å²) in [5.74, 6) is 0. The van der Waals surface area contributed by atoms with Gasteiger partial charge in [-0.1, -0.05) is 12.8 Å². The minimum absolute atomic E-state index is 0.418. The summed E-state index contributed by atoms with van der Waals surface area (Å²) >= 11 is 0. The first-order chi connectivity index (χ1) is 7.25. The number of aryl methyl sites for hydroxylation is 2. The third kappa shape index (κ3) is 2.79. The van der Waals surface area contributed by atoms with Crippen LogP contribution in [0.15, 0.2) is 6.20 Å². The van der Waals surface area contributed by atoms with Crippen molar-refractivity contribution in [2.75, 3.05) is 0 Å². The zero-order chi connectivity index (χ0) is 10.7. The largest absolute Gasteiger partial charge is 0.298 e. The van der Waals surface area contributed by atoms with Gasteiger partial charge in [0.05, 0.1) is 11.8 Å². The number of rotatable bonds is 4. The van der Waals surface area contributed by atoms with Crippen LogP contribution >= 0.6 is 0 Å². The fourth-order valence-corrected chi connectivity index (χ4v) is 2.07. The molecular weight excluding hydrogens is 190 g/mol. The molecule has 4 heteroatoms. The molecule has 0 aromatic carbocycles. The molecule has 1 aliphatic carbocycles. The maximum absolute atomic E-state index is 5.58. The molecular formula is C11H19N3O. The Balaban J connectivity index is 1.75. The zero-order valence-corrected chi connectivity index (χ0v) is 9.49. The lowest BCUT2D eigenvalue weighted by Gasteiger charge is -2.10. The number of nitrogens with one attached hydrogen (secondary N) is 1. The topological polar surface area (TPSA) is 39.1 Å². The molecule has 1 aromatic heterocycles. The minimum Gasteiger partial charge on any atom is -0.298 e. The summed E-state index contributed by atoms with van der Waals surface area (Å²) in [4.78, 5) is 5.58.